The molecule has 1 aromatic rings. The fourth-order valence-electron chi connectivity index (χ4n) is 2.06. The molecule has 1 saturated carbocycles. The maximum atomic E-state index is 12.1. The third-order valence-corrected chi connectivity index (χ3v) is 3.79. The summed E-state index contributed by atoms with van der Waals surface area (Å²) in [5, 5.41) is 13.9. The van der Waals surface area contributed by atoms with Gasteiger partial charge in [-0.25, -0.2) is 0 Å². The van der Waals surface area contributed by atoms with E-state index >= 15 is 0 Å². The van der Waals surface area contributed by atoms with Crippen LogP contribution in [0.2, 0.25) is 0 Å². The zero-order chi connectivity index (χ0) is 15.3. The molecule has 0 saturated heterocycles. The van der Waals surface area contributed by atoms with Crippen LogP contribution in [0.15, 0.2) is 30.3 Å². The molecule has 110 valence electrons. The normalized spacial score (nSPS) is 16.4. The molecule has 1 unspecified atom stereocenters. The third-order valence-electron chi connectivity index (χ3n) is 3.79. The Morgan fingerprint density at radius 2 is 2.00 bits per heavy atom. The summed E-state index contributed by atoms with van der Waals surface area (Å²) in [6.45, 7) is 1.84. The zero-order valence-corrected chi connectivity index (χ0v) is 12.1. The highest BCUT2D eigenvalue weighted by Gasteiger charge is 2.45. The molecule has 0 heterocycles. The Kier molecular flexibility index (Phi) is 4.59. The summed E-state index contributed by atoms with van der Waals surface area (Å²) in [4.78, 5) is 24.3. The predicted molar refractivity (Wildman–Crippen MR) is 78.0 cm³/mol. The van der Waals surface area contributed by atoms with Crippen LogP contribution in [0.25, 0.3) is 0 Å². The van der Waals surface area contributed by atoms with Gasteiger partial charge in [-0.2, -0.15) is 5.26 Å². The zero-order valence-electron chi connectivity index (χ0n) is 12.1. The fourth-order valence-corrected chi connectivity index (χ4v) is 2.06. The lowest BCUT2D eigenvalue weighted by atomic mass is 10.0. The minimum absolute atomic E-state index is 0.0583. The second kappa shape index (κ2) is 6.40. The standard InChI is InChI=1S/C16H19N3O2/c1-16(7-8-16)15(21)19-13(14(20)18-10-9-17)11-12-5-3-2-4-6-12/h2-6,13H,7-8,10-11H2,1H3,(H,18,20)(H,19,21). The number of carbonyl (C=O) groups excluding carboxylic acids is 2. The van der Waals surface area contributed by atoms with Gasteiger partial charge < -0.3 is 10.6 Å². The molecule has 1 aromatic carbocycles. The van der Waals surface area contributed by atoms with Crippen LogP contribution in [0, 0.1) is 16.7 Å². The minimum atomic E-state index is -0.648. The van der Waals surface area contributed by atoms with Gasteiger partial charge in [0, 0.05) is 11.8 Å². The number of nitriles is 1. The molecule has 0 aliphatic heterocycles. The van der Waals surface area contributed by atoms with Gasteiger partial charge in [0.25, 0.3) is 0 Å². The van der Waals surface area contributed by atoms with Crippen molar-refractivity contribution in [1.82, 2.24) is 10.6 Å². The van der Waals surface area contributed by atoms with Crippen LogP contribution in [0.5, 0.6) is 0 Å². The van der Waals surface area contributed by atoms with E-state index in [1.54, 1.807) is 0 Å². The molecule has 2 amide bonds. The quantitative estimate of drug-likeness (QED) is 0.769. The molecule has 1 atom stereocenters. The van der Waals surface area contributed by atoms with E-state index in [4.69, 9.17) is 5.26 Å². The van der Waals surface area contributed by atoms with Crippen molar-refractivity contribution >= 4 is 11.8 Å². The first-order chi connectivity index (χ1) is 10.0. The van der Waals surface area contributed by atoms with E-state index in [2.05, 4.69) is 10.6 Å². The van der Waals surface area contributed by atoms with Gasteiger partial charge >= 0.3 is 0 Å². The summed E-state index contributed by atoms with van der Waals surface area (Å²) in [5.41, 5.74) is 0.639. The van der Waals surface area contributed by atoms with Gasteiger partial charge in [0.05, 0.1) is 6.07 Å². The van der Waals surface area contributed by atoms with E-state index in [-0.39, 0.29) is 23.8 Å². The van der Waals surface area contributed by atoms with Crippen LogP contribution in [-0.2, 0) is 16.0 Å². The average Bonchev–Trinajstić information content (AvgIpc) is 3.24. The smallest absolute Gasteiger partial charge is 0.243 e. The van der Waals surface area contributed by atoms with Crippen LogP contribution in [-0.4, -0.2) is 24.4 Å². The summed E-state index contributed by atoms with van der Waals surface area (Å²) in [6.07, 6.45) is 2.13. The van der Waals surface area contributed by atoms with Crippen molar-refractivity contribution in [2.75, 3.05) is 6.54 Å². The third kappa shape index (κ3) is 4.06. The highest BCUT2D eigenvalue weighted by molar-refractivity contribution is 5.91. The second-order valence-corrected chi connectivity index (χ2v) is 5.65. The van der Waals surface area contributed by atoms with Gasteiger partial charge in [-0.3, -0.25) is 9.59 Å². The summed E-state index contributed by atoms with van der Waals surface area (Å²) >= 11 is 0. The number of rotatable bonds is 6. The van der Waals surface area contributed by atoms with Gasteiger partial charge in [0.1, 0.15) is 12.6 Å². The molecule has 2 rings (SSSR count). The lowest BCUT2D eigenvalue weighted by Crippen LogP contribution is -2.49. The van der Waals surface area contributed by atoms with Crippen LogP contribution in [0.4, 0.5) is 0 Å². The summed E-state index contributed by atoms with van der Waals surface area (Å²) in [7, 11) is 0. The van der Waals surface area contributed by atoms with Crippen LogP contribution in [0.1, 0.15) is 25.3 Å². The minimum Gasteiger partial charge on any atom is -0.344 e. The van der Waals surface area contributed by atoms with Crippen molar-refractivity contribution in [2.45, 2.75) is 32.2 Å². The molecule has 0 radical (unpaired) electrons. The number of hydrogen-bond acceptors (Lipinski definition) is 3. The lowest BCUT2D eigenvalue weighted by molar-refractivity contribution is -0.131. The first-order valence-corrected chi connectivity index (χ1v) is 7.05. The molecule has 0 spiro atoms. The van der Waals surface area contributed by atoms with Gasteiger partial charge in [-0.1, -0.05) is 37.3 Å². The van der Waals surface area contributed by atoms with Crippen LogP contribution in [0.3, 0.4) is 0 Å². The SMILES string of the molecule is CC1(C(=O)NC(Cc2ccccc2)C(=O)NCC#N)CC1. The number of nitrogens with one attached hydrogen (secondary N) is 2. The molecule has 5 nitrogen and oxygen atoms in total. The van der Waals surface area contributed by atoms with E-state index in [1.165, 1.54) is 0 Å². The summed E-state index contributed by atoms with van der Waals surface area (Å²) in [5.74, 6) is -0.409. The monoisotopic (exact) mass is 285 g/mol. The van der Waals surface area contributed by atoms with Crippen molar-refractivity contribution in [3.63, 3.8) is 0 Å². The van der Waals surface area contributed by atoms with Crippen molar-refractivity contribution in [3.05, 3.63) is 35.9 Å². The van der Waals surface area contributed by atoms with Gasteiger partial charge in [0.2, 0.25) is 11.8 Å². The van der Waals surface area contributed by atoms with Crippen LogP contribution >= 0.6 is 0 Å². The van der Waals surface area contributed by atoms with Crippen molar-refractivity contribution < 1.29 is 9.59 Å². The van der Waals surface area contributed by atoms with Crippen LogP contribution < -0.4 is 10.6 Å². The van der Waals surface area contributed by atoms with Gasteiger partial charge in [-0.15, -0.1) is 0 Å². The molecular weight excluding hydrogens is 266 g/mol. The number of hydrogen-bond donors (Lipinski definition) is 2. The Hall–Kier alpha value is -2.35. The van der Waals surface area contributed by atoms with Crippen molar-refractivity contribution in [3.8, 4) is 6.07 Å². The molecule has 21 heavy (non-hydrogen) atoms. The fraction of sp³-hybridized carbons (Fsp3) is 0.438. The molecule has 2 N–H and O–H groups in total. The average molecular weight is 285 g/mol. The van der Waals surface area contributed by atoms with E-state index in [0.29, 0.717) is 6.42 Å². The molecule has 0 aromatic heterocycles. The highest BCUT2D eigenvalue weighted by Crippen LogP contribution is 2.45. The van der Waals surface area contributed by atoms with E-state index < -0.39 is 6.04 Å². The maximum absolute atomic E-state index is 12.1. The molecule has 1 aliphatic carbocycles. The molecular formula is C16H19N3O2. The molecule has 1 fully saturated rings. The van der Waals surface area contributed by atoms with Crippen molar-refractivity contribution in [2.24, 2.45) is 5.41 Å². The number of nitrogens with zero attached hydrogens (tertiary/aromatic N) is 1. The Morgan fingerprint density at radius 1 is 1.33 bits per heavy atom. The Balaban J connectivity index is 2.04. The first-order valence-electron chi connectivity index (χ1n) is 7.05. The predicted octanol–water partition coefficient (Wildman–Crippen LogP) is 1.15. The molecule has 5 heteroatoms. The maximum Gasteiger partial charge on any atom is 0.243 e. The molecule has 1 aliphatic rings. The Morgan fingerprint density at radius 3 is 2.57 bits per heavy atom. The topological polar surface area (TPSA) is 82.0 Å². The van der Waals surface area contributed by atoms with E-state index in [0.717, 1.165) is 18.4 Å². The summed E-state index contributed by atoms with van der Waals surface area (Å²) < 4.78 is 0. The van der Waals surface area contributed by atoms with Crippen molar-refractivity contribution in [1.29, 1.82) is 5.26 Å². The Bertz CT molecular complexity index is 559. The summed E-state index contributed by atoms with van der Waals surface area (Å²) in [6, 6.07) is 10.7. The number of amides is 2. The highest BCUT2D eigenvalue weighted by atomic mass is 16.2. The second-order valence-electron chi connectivity index (χ2n) is 5.65. The van der Waals surface area contributed by atoms with Gasteiger partial charge in [0.15, 0.2) is 0 Å². The lowest BCUT2D eigenvalue weighted by Gasteiger charge is -2.20. The largest absolute Gasteiger partial charge is 0.344 e. The Labute approximate surface area is 124 Å². The van der Waals surface area contributed by atoms with E-state index in [1.807, 2.05) is 43.3 Å². The first kappa shape index (κ1) is 15.0. The number of benzene rings is 1. The number of carbonyl (C=O) groups is 2. The van der Waals surface area contributed by atoms with E-state index in [9.17, 15) is 9.59 Å². The molecule has 0 bridgehead atoms. The van der Waals surface area contributed by atoms with Gasteiger partial charge in [-0.05, 0) is 18.4 Å².